The van der Waals surface area contributed by atoms with Gasteiger partial charge in [0.25, 0.3) is 5.91 Å². The zero-order chi connectivity index (χ0) is 18.1. The predicted octanol–water partition coefficient (Wildman–Crippen LogP) is 2.81. The van der Waals surface area contributed by atoms with Gasteiger partial charge in [0.1, 0.15) is 11.9 Å². The van der Waals surface area contributed by atoms with Crippen LogP contribution in [0, 0.1) is 5.82 Å². The van der Waals surface area contributed by atoms with Crippen LogP contribution in [0.25, 0.3) is 0 Å². The van der Waals surface area contributed by atoms with Crippen LogP contribution in [-0.2, 0) is 16.0 Å². The molecule has 26 heavy (non-hydrogen) atoms. The molecule has 4 rings (SSSR count). The van der Waals surface area contributed by atoms with E-state index in [0.29, 0.717) is 19.6 Å². The second-order valence-corrected chi connectivity index (χ2v) is 7.08. The minimum atomic E-state index is -0.494. The van der Waals surface area contributed by atoms with Crippen LogP contribution in [0.15, 0.2) is 48.5 Å². The molecule has 136 valence electrons. The number of halogens is 1. The van der Waals surface area contributed by atoms with E-state index in [0.717, 1.165) is 24.0 Å². The number of fused-ring (bicyclic) bond motifs is 1. The first-order chi connectivity index (χ1) is 12.6. The number of ether oxygens (including phenoxy) is 1. The Hall–Kier alpha value is -2.24. The lowest BCUT2D eigenvalue weighted by Gasteiger charge is -2.40. The minimum absolute atomic E-state index is 0.000882. The number of nitrogens with zero attached hydrogens (tertiary/aromatic N) is 1. The van der Waals surface area contributed by atoms with E-state index in [1.807, 2.05) is 17.0 Å². The summed E-state index contributed by atoms with van der Waals surface area (Å²) in [5, 5.41) is 0. The molecule has 0 unspecified atom stereocenters. The van der Waals surface area contributed by atoms with Crippen LogP contribution in [-0.4, -0.2) is 36.1 Å². The number of carbonyl (C=O) groups excluding carboxylic acids is 1. The van der Waals surface area contributed by atoms with Crippen molar-refractivity contribution in [1.82, 2.24) is 4.90 Å². The molecule has 3 atom stereocenters. The first-order valence-electron chi connectivity index (χ1n) is 9.14. The number of amides is 1. The highest BCUT2D eigenvalue weighted by molar-refractivity contribution is 5.82. The smallest absolute Gasteiger partial charge is 0.252 e. The van der Waals surface area contributed by atoms with Gasteiger partial charge in [-0.15, -0.1) is 0 Å². The van der Waals surface area contributed by atoms with Crippen molar-refractivity contribution in [3.8, 4) is 0 Å². The van der Waals surface area contributed by atoms with Crippen molar-refractivity contribution in [2.24, 2.45) is 5.73 Å². The molecule has 1 saturated heterocycles. The van der Waals surface area contributed by atoms with Crippen molar-refractivity contribution in [2.75, 3.05) is 13.2 Å². The Balaban J connectivity index is 1.71. The summed E-state index contributed by atoms with van der Waals surface area (Å²) < 4.78 is 19.1. The fraction of sp³-hybridized carbons (Fsp3) is 0.381. The van der Waals surface area contributed by atoms with Gasteiger partial charge in [-0.25, -0.2) is 4.39 Å². The van der Waals surface area contributed by atoms with Crippen LogP contribution >= 0.6 is 0 Å². The van der Waals surface area contributed by atoms with Gasteiger partial charge >= 0.3 is 0 Å². The van der Waals surface area contributed by atoms with Crippen molar-refractivity contribution >= 4 is 5.91 Å². The number of hydrogen-bond acceptors (Lipinski definition) is 3. The van der Waals surface area contributed by atoms with Crippen LogP contribution in [0.5, 0.6) is 0 Å². The van der Waals surface area contributed by atoms with Gasteiger partial charge in [0.05, 0.1) is 6.04 Å². The van der Waals surface area contributed by atoms with Gasteiger partial charge in [-0.1, -0.05) is 36.4 Å². The van der Waals surface area contributed by atoms with Gasteiger partial charge in [-0.2, -0.15) is 0 Å². The molecular weight excluding hydrogens is 331 g/mol. The predicted molar refractivity (Wildman–Crippen MR) is 97.1 cm³/mol. The van der Waals surface area contributed by atoms with Crippen molar-refractivity contribution in [3.63, 3.8) is 0 Å². The summed E-state index contributed by atoms with van der Waals surface area (Å²) in [6.07, 6.45) is 1.64. The Morgan fingerprint density at radius 3 is 2.69 bits per heavy atom. The average Bonchev–Trinajstić information content (AvgIpc) is 2.67. The number of hydrogen-bond donors (Lipinski definition) is 1. The maximum atomic E-state index is 13.4. The molecule has 0 spiro atoms. The summed E-state index contributed by atoms with van der Waals surface area (Å²) in [6.45, 7) is 1.14. The van der Waals surface area contributed by atoms with Crippen molar-refractivity contribution in [2.45, 2.75) is 37.5 Å². The SMILES string of the molecule is N[C@H]1CCO[C@@H](C(=O)N2CCc3ccccc3[C@@H]2c2ccc(F)cc2)C1. The molecule has 1 amide bonds. The molecular formula is C21H23FN2O2. The second kappa shape index (κ2) is 7.17. The van der Waals surface area contributed by atoms with Crippen LogP contribution in [0.1, 0.15) is 35.6 Å². The third-order valence-electron chi connectivity index (χ3n) is 5.35. The number of benzene rings is 2. The van der Waals surface area contributed by atoms with Gasteiger partial charge in [-0.05, 0) is 48.1 Å². The molecule has 0 radical (unpaired) electrons. The fourth-order valence-electron chi connectivity index (χ4n) is 3.99. The highest BCUT2D eigenvalue weighted by Gasteiger charge is 2.37. The quantitative estimate of drug-likeness (QED) is 0.902. The van der Waals surface area contributed by atoms with Crippen molar-refractivity contribution < 1.29 is 13.9 Å². The molecule has 5 heteroatoms. The van der Waals surface area contributed by atoms with Gasteiger partial charge in [0, 0.05) is 19.2 Å². The minimum Gasteiger partial charge on any atom is -0.368 e. The van der Waals surface area contributed by atoms with Crippen LogP contribution in [0.2, 0.25) is 0 Å². The third-order valence-corrected chi connectivity index (χ3v) is 5.35. The zero-order valence-electron chi connectivity index (χ0n) is 14.6. The highest BCUT2D eigenvalue weighted by atomic mass is 19.1. The topological polar surface area (TPSA) is 55.6 Å². The van der Waals surface area contributed by atoms with Gasteiger partial charge < -0.3 is 15.4 Å². The van der Waals surface area contributed by atoms with E-state index in [4.69, 9.17) is 10.5 Å². The molecule has 1 fully saturated rings. The van der Waals surface area contributed by atoms with E-state index >= 15 is 0 Å². The highest BCUT2D eigenvalue weighted by Crippen LogP contribution is 2.36. The molecule has 0 aromatic heterocycles. The Bertz CT molecular complexity index is 793. The molecule has 2 heterocycles. The summed E-state index contributed by atoms with van der Waals surface area (Å²) >= 11 is 0. The maximum Gasteiger partial charge on any atom is 0.252 e. The van der Waals surface area contributed by atoms with Gasteiger partial charge in [0.2, 0.25) is 0 Å². The number of nitrogens with two attached hydrogens (primary N) is 1. The van der Waals surface area contributed by atoms with Crippen molar-refractivity contribution in [1.29, 1.82) is 0 Å². The van der Waals surface area contributed by atoms with E-state index < -0.39 is 6.10 Å². The van der Waals surface area contributed by atoms with E-state index in [2.05, 4.69) is 12.1 Å². The molecule has 4 nitrogen and oxygen atoms in total. The summed E-state index contributed by atoms with van der Waals surface area (Å²) in [5.41, 5.74) is 9.27. The van der Waals surface area contributed by atoms with Gasteiger partial charge in [0.15, 0.2) is 0 Å². The lowest BCUT2D eigenvalue weighted by atomic mass is 9.87. The van der Waals surface area contributed by atoms with Crippen LogP contribution < -0.4 is 5.73 Å². The molecule has 0 bridgehead atoms. The zero-order valence-corrected chi connectivity index (χ0v) is 14.6. The largest absolute Gasteiger partial charge is 0.368 e. The Labute approximate surface area is 152 Å². The second-order valence-electron chi connectivity index (χ2n) is 7.08. The Kier molecular flexibility index (Phi) is 4.74. The van der Waals surface area contributed by atoms with E-state index in [9.17, 15) is 9.18 Å². The fourth-order valence-corrected chi connectivity index (χ4v) is 3.99. The lowest BCUT2D eigenvalue weighted by Crippen LogP contribution is -2.49. The first-order valence-corrected chi connectivity index (χ1v) is 9.14. The normalized spacial score (nSPS) is 25.6. The standard InChI is InChI=1S/C21H23FN2O2/c22-16-7-5-15(6-8-16)20-18-4-2-1-3-14(18)9-11-24(20)21(25)19-13-17(23)10-12-26-19/h1-8,17,19-20H,9-13,23H2/t17-,19+,20-/m0/s1. The summed E-state index contributed by atoms with van der Waals surface area (Å²) in [5.74, 6) is -0.304. The molecule has 2 aliphatic heterocycles. The van der Waals surface area contributed by atoms with Crippen LogP contribution in [0.4, 0.5) is 4.39 Å². The average molecular weight is 354 g/mol. The van der Waals surface area contributed by atoms with Gasteiger partial charge in [-0.3, -0.25) is 4.79 Å². The molecule has 0 aliphatic carbocycles. The van der Waals surface area contributed by atoms with E-state index in [1.165, 1.54) is 17.7 Å². The maximum absolute atomic E-state index is 13.4. The summed E-state index contributed by atoms with van der Waals surface area (Å²) in [4.78, 5) is 15.1. The molecule has 2 N–H and O–H groups in total. The lowest BCUT2D eigenvalue weighted by molar-refractivity contribution is -0.149. The summed E-state index contributed by atoms with van der Waals surface area (Å²) in [7, 11) is 0. The molecule has 2 aromatic carbocycles. The Morgan fingerprint density at radius 2 is 1.92 bits per heavy atom. The monoisotopic (exact) mass is 354 g/mol. The molecule has 0 saturated carbocycles. The van der Waals surface area contributed by atoms with Crippen molar-refractivity contribution in [3.05, 3.63) is 71.0 Å². The third kappa shape index (κ3) is 3.24. The number of carbonyl (C=O) groups is 1. The molecule has 2 aromatic rings. The van der Waals surface area contributed by atoms with E-state index in [-0.39, 0.29) is 23.8 Å². The first kappa shape index (κ1) is 17.2. The number of rotatable bonds is 2. The van der Waals surface area contributed by atoms with E-state index in [1.54, 1.807) is 12.1 Å². The molecule has 2 aliphatic rings. The Morgan fingerprint density at radius 1 is 1.15 bits per heavy atom. The summed E-state index contributed by atoms with van der Waals surface area (Å²) in [6, 6.07) is 14.3. The van der Waals surface area contributed by atoms with Crippen LogP contribution in [0.3, 0.4) is 0 Å².